The van der Waals surface area contributed by atoms with Crippen LogP contribution in [-0.4, -0.2) is 59.2 Å². The highest BCUT2D eigenvalue weighted by atomic mass is 32.2. The molecule has 0 radical (unpaired) electrons. The zero-order valence-corrected chi connectivity index (χ0v) is 31.5. The second-order valence-electron chi connectivity index (χ2n) is 13.1. The van der Waals surface area contributed by atoms with E-state index in [2.05, 4.69) is 13.8 Å². The summed E-state index contributed by atoms with van der Waals surface area (Å²) < 4.78 is 98.9. The Kier molecular flexibility index (Phi) is 16.8. The van der Waals surface area contributed by atoms with Crippen molar-refractivity contribution in [3.8, 4) is 23.0 Å². The van der Waals surface area contributed by atoms with E-state index in [-0.39, 0.29) is 35.5 Å². The van der Waals surface area contributed by atoms with Gasteiger partial charge in [0.05, 0.1) is 37.9 Å². The smallest absolute Gasteiger partial charge is 0.161 e. The predicted molar refractivity (Wildman–Crippen MR) is 190 cm³/mol. The average molecular weight is 739 g/mol. The van der Waals surface area contributed by atoms with Gasteiger partial charge in [-0.25, -0.2) is 16.8 Å². The van der Waals surface area contributed by atoms with Gasteiger partial charge < -0.3 is 28.1 Å². The van der Waals surface area contributed by atoms with Gasteiger partial charge in [0.1, 0.15) is 26.0 Å². The maximum atomic E-state index is 13.9. The first kappa shape index (κ1) is 41.5. The number of hydrogen-bond acceptors (Lipinski definition) is 11. The third-order valence-electron chi connectivity index (χ3n) is 9.42. The van der Waals surface area contributed by atoms with E-state index < -0.39 is 48.4 Å². The van der Waals surface area contributed by atoms with Gasteiger partial charge in [0.25, 0.3) is 0 Å². The van der Waals surface area contributed by atoms with E-state index in [0.717, 1.165) is 64.2 Å². The fourth-order valence-corrected chi connectivity index (χ4v) is 9.11. The monoisotopic (exact) mass is 738 g/mol. The van der Waals surface area contributed by atoms with Crippen molar-refractivity contribution >= 4 is 26.0 Å². The first-order chi connectivity index (χ1) is 23.9. The summed E-state index contributed by atoms with van der Waals surface area (Å²) in [6.07, 6.45) is 12.7. The molecule has 1 aliphatic rings. The second-order valence-corrected chi connectivity index (χ2v) is 16.1. The Morgan fingerprint density at radius 1 is 0.600 bits per heavy atom. The van der Waals surface area contributed by atoms with Crippen LogP contribution in [0.15, 0.2) is 36.4 Å². The van der Waals surface area contributed by atoms with Crippen LogP contribution in [-0.2, 0) is 25.0 Å². The zero-order chi connectivity index (χ0) is 36.7. The molecule has 13 heteroatoms. The molecule has 0 spiro atoms. The first-order valence-electron chi connectivity index (χ1n) is 17.9. The molecule has 1 saturated carbocycles. The molecule has 2 aromatic rings. The molecule has 4 atom stereocenters. The molecule has 0 amide bonds. The lowest BCUT2D eigenvalue weighted by molar-refractivity contribution is -0.124. The summed E-state index contributed by atoms with van der Waals surface area (Å²) in [5.74, 6) is -2.36. The summed E-state index contributed by atoms with van der Waals surface area (Å²) in [5.41, 5.74) is 0.0515. The van der Waals surface area contributed by atoms with Gasteiger partial charge in [-0.05, 0) is 61.1 Å². The molecule has 0 N–H and O–H groups in total. The number of ketones is 1. The zero-order valence-electron chi connectivity index (χ0n) is 29.9. The Hall–Kier alpha value is -2.87. The average Bonchev–Trinajstić information content (AvgIpc) is 3.42. The SMILES string of the molecule is CCCCCCCCOc1ccc(C(C2CCC(C(c3ccc(OCCCCCCCC)c(OC)c3)S(=O)(=O)[O-])C2=O)S(=O)(=O)[O-])cc1OC. The fourth-order valence-electron chi connectivity index (χ4n) is 6.81. The van der Waals surface area contributed by atoms with Crippen LogP contribution in [0.1, 0.15) is 125 Å². The summed E-state index contributed by atoms with van der Waals surface area (Å²) in [6.45, 7) is 5.16. The van der Waals surface area contributed by atoms with Crippen molar-refractivity contribution in [1.82, 2.24) is 0 Å². The van der Waals surface area contributed by atoms with Crippen molar-refractivity contribution in [1.29, 1.82) is 0 Å². The summed E-state index contributed by atoms with van der Waals surface area (Å²) >= 11 is 0. The predicted octanol–water partition coefficient (Wildman–Crippen LogP) is 7.65. The third kappa shape index (κ3) is 11.8. The summed E-state index contributed by atoms with van der Waals surface area (Å²) in [4.78, 5) is 13.9. The van der Waals surface area contributed by atoms with Crippen molar-refractivity contribution in [2.24, 2.45) is 11.8 Å². The molecule has 0 aliphatic heterocycles. The Morgan fingerprint density at radius 2 is 0.960 bits per heavy atom. The molecule has 282 valence electrons. The van der Waals surface area contributed by atoms with Crippen LogP contribution in [0.25, 0.3) is 0 Å². The Bertz CT molecular complexity index is 1460. The number of unbranched alkanes of at least 4 members (excludes halogenated alkanes) is 10. The minimum atomic E-state index is -5.12. The van der Waals surface area contributed by atoms with Gasteiger partial charge in [-0.2, -0.15) is 0 Å². The molecule has 0 aromatic heterocycles. The molecule has 50 heavy (non-hydrogen) atoms. The second kappa shape index (κ2) is 20.2. The third-order valence-corrected chi connectivity index (χ3v) is 11.9. The lowest BCUT2D eigenvalue weighted by Gasteiger charge is -2.29. The van der Waals surface area contributed by atoms with Crippen molar-refractivity contribution in [2.75, 3.05) is 27.4 Å². The van der Waals surface area contributed by atoms with Crippen molar-refractivity contribution < 1.29 is 49.7 Å². The molecule has 0 bridgehead atoms. The standard InChI is InChI=1S/C37H56O11S2/c1-5-7-9-11-13-15-23-47-31-21-17-27(25-33(31)45-3)36(49(39,40)41)29-19-20-30(35(29)38)37(50(42,43)44)28-18-22-32(34(26-28)46-4)48-24-16-14-12-10-8-6-2/h17-18,21-22,25-26,29-30,36-37H,5-16,19-20,23-24H2,1-4H3,(H,39,40,41)(H,42,43,44)/p-2. The first-order valence-corrected chi connectivity index (χ1v) is 20.9. The van der Waals surface area contributed by atoms with Gasteiger partial charge in [-0.3, -0.25) is 4.79 Å². The quantitative estimate of drug-likeness (QED) is 0.0766. The van der Waals surface area contributed by atoms with Crippen LogP contribution in [0.5, 0.6) is 23.0 Å². The van der Waals surface area contributed by atoms with E-state index in [4.69, 9.17) is 18.9 Å². The summed E-state index contributed by atoms with van der Waals surface area (Å²) in [6, 6.07) is 8.58. The van der Waals surface area contributed by atoms with Gasteiger partial charge >= 0.3 is 0 Å². The largest absolute Gasteiger partial charge is 0.747 e. The maximum absolute atomic E-state index is 13.9. The Balaban J connectivity index is 1.80. The number of methoxy groups -OCH3 is 2. The lowest BCUT2D eigenvalue weighted by atomic mass is 9.91. The molecular weight excluding hydrogens is 685 g/mol. The van der Waals surface area contributed by atoms with Crippen molar-refractivity contribution in [2.45, 2.75) is 114 Å². The normalized spacial score (nSPS) is 17.8. The van der Waals surface area contributed by atoms with Crippen LogP contribution < -0.4 is 18.9 Å². The summed E-state index contributed by atoms with van der Waals surface area (Å²) in [7, 11) is -7.47. The molecule has 1 fully saturated rings. The Labute approximate surface area is 298 Å². The number of hydrogen-bond donors (Lipinski definition) is 0. The number of carbonyl (C=O) groups excluding carboxylic acids is 1. The molecule has 11 nitrogen and oxygen atoms in total. The van der Waals surface area contributed by atoms with Crippen LogP contribution in [0.2, 0.25) is 0 Å². The minimum Gasteiger partial charge on any atom is -0.747 e. The van der Waals surface area contributed by atoms with Gasteiger partial charge in [0, 0.05) is 11.8 Å². The van der Waals surface area contributed by atoms with E-state index in [1.165, 1.54) is 63.5 Å². The van der Waals surface area contributed by atoms with Gasteiger partial charge in [-0.1, -0.05) is 90.2 Å². The molecule has 0 heterocycles. The molecule has 0 saturated heterocycles. The molecule has 2 aromatic carbocycles. The molecule has 3 rings (SSSR count). The highest BCUT2D eigenvalue weighted by Crippen LogP contribution is 2.48. The van der Waals surface area contributed by atoms with E-state index in [0.29, 0.717) is 24.7 Å². The Morgan fingerprint density at radius 3 is 1.30 bits per heavy atom. The summed E-state index contributed by atoms with van der Waals surface area (Å²) in [5, 5.41) is -3.63. The number of Topliss-reactive ketones (excluding diaryl/α,β-unsaturated/α-hetero) is 1. The van der Waals surface area contributed by atoms with E-state index in [1.54, 1.807) is 0 Å². The van der Waals surface area contributed by atoms with Crippen LogP contribution in [0.4, 0.5) is 0 Å². The van der Waals surface area contributed by atoms with Crippen molar-refractivity contribution in [3.05, 3.63) is 47.5 Å². The topological polar surface area (TPSA) is 168 Å². The van der Waals surface area contributed by atoms with Gasteiger partial charge in [0.15, 0.2) is 23.0 Å². The highest BCUT2D eigenvalue weighted by molar-refractivity contribution is 7.86. The number of benzene rings is 2. The van der Waals surface area contributed by atoms with E-state index in [9.17, 15) is 30.7 Å². The highest BCUT2D eigenvalue weighted by Gasteiger charge is 2.47. The maximum Gasteiger partial charge on any atom is 0.161 e. The number of ether oxygens (including phenoxy) is 4. The van der Waals surface area contributed by atoms with E-state index in [1.807, 2.05) is 0 Å². The number of rotatable bonds is 24. The number of carbonyl (C=O) groups is 1. The fraction of sp³-hybridized carbons (Fsp3) is 0.649. The molecular formula is C37H54O11S2-2. The van der Waals surface area contributed by atoms with Crippen LogP contribution in [0.3, 0.4) is 0 Å². The van der Waals surface area contributed by atoms with Gasteiger partial charge in [-0.15, -0.1) is 0 Å². The van der Waals surface area contributed by atoms with Gasteiger partial charge in [0.2, 0.25) is 0 Å². The lowest BCUT2D eigenvalue weighted by Crippen LogP contribution is -2.31. The van der Waals surface area contributed by atoms with Crippen LogP contribution >= 0.6 is 0 Å². The molecule has 1 aliphatic carbocycles. The van der Waals surface area contributed by atoms with Crippen LogP contribution in [0, 0.1) is 11.8 Å². The van der Waals surface area contributed by atoms with E-state index >= 15 is 0 Å². The minimum absolute atomic E-state index is 0.0258. The van der Waals surface area contributed by atoms with Crippen molar-refractivity contribution in [3.63, 3.8) is 0 Å². The molecule has 4 unspecified atom stereocenters.